The van der Waals surface area contributed by atoms with Gasteiger partial charge in [0.1, 0.15) is 5.75 Å². The maximum atomic E-state index is 12.3. The fraction of sp³-hybridized carbons (Fsp3) is 0.375. The van der Waals surface area contributed by atoms with Gasteiger partial charge in [-0.15, -0.1) is 0 Å². The summed E-state index contributed by atoms with van der Waals surface area (Å²) in [6.45, 7) is 1.76. The van der Waals surface area contributed by atoms with Gasteiger partial charge in [0.15, 0.2) is 0 Å². The predicted molar refractivity (Wildman–Crippen MR) is 89.9 cm³/mol. The van der Waals surface area contributed by atoms with E-state index in [0.717, 1.165) is 0 Å². The van der Waals surface area contributed by atoms with Crippen molar-refractivity contribution in [1.82, 2.24) is 10.6 Å². The lowest BCUT2D eigenvalue weighted by Crippen LogP contribution is -2.45. The van der Waals surface area contributed by atoms with Crippen LogP contribution in [-0.4, -0.2) is 38.3 Å². The van der Waals surface area contributed by atoms with E-state index in [1.165, 1.54) is 33.5 Å². The van der Waals surface area contributed by atoms with Crippen LogP contribution in [0.1, 0.15) is 24.9 Å². The van der Waals surface area contributed by atoms with Crippen molar-refractivity contribution in [3.63, 3.8) is 0 Å². The molecule has 0 aromatic heterocycles. The van der Waals surface area contributed by atoms with Gasteiger partial charge in [-0.1, -0.05) is 6.92 Å². The van der Waals surface area contributed by atoms with Gasteiger partial charge in [-0.3, -0.25) is 10.1 Å². The van der Waals surface area contributed by atoms with E-state index in [0.29, 0.717) is 12.1 Å². The highest BCUT2D eigenvalue weighted by atomic mass is 16.6. The summed E-state index contributed by atoms with van der Waals surface area (Å²) < 4.78 is 15.1. The van der Waals surface area contributed by atoms with Crippen molar-refractivity contribution in [2.75, 3.05) is 21.3 Å². The summed E-state index contributed by atoms with van der Waals surface area (Å²) in [4.78, 5) is 35.0. The number of hydrogen-bond donors (Lipinski definition) is 2. The van der Waals surface area contributed by atoms with Crippen molar-refractivity contribution in [3.05, 3.63) is 39.1 Å². The van der Waals surface area contributed by atoms with Gasteiger partial charge in [-0.2, -0.15) is 0 Å². The number of carbonyl (C=O) groups is 2. The van der Waals surface area contributed by atoms with Gasteiger partial charge in [0.05, 0.1) is 37.9 Å². The Labute approximate surface area is 149 Å². The SMILES string of the molecule is CCC1=C(C(=O)OC)C(c2cc([N+](=O)[O-])c(OC)cc2OC)NC(=O)N1. The van der Waals surface area contributed by atoms with Crippen molar-refractivity contribution in [2.24, 2.45) is 0 Å². The third-order valence-corrected chi connectivity index (χ3v) is 3.95. The van der Waals surface area contributed by atoms with Gasteiger partial charge < -0.3 is 24.8 Å². The average Bonchev–Trinajstić information content (AvgIpc) is 2.65. The maximum Gasteiger partial charge on any atom is 0.337 e. The second-order valence-corrected chi connectivity index (χ2v) is 5.29. The number of benzene rings is 1. The minimum Gasteiger partial charge on any atom is -0.496 e. The van der Waals surface area contributed by atoms with Crippen molar-refractivity contribution in [1.29, 1.82) is 0 Å². The Balaban J connectivity index is 2.74. The van der Waals surface area contributed by atoms with E-state index < -0.39 is 23.0 Å². The number of ether oxygens (including phenoxy) is 3. The van der Waals surface area contributed by atoms with Crippen molar-refractivity contribution < 1.29 is 28.7 Å². The molecule has 1 aromatic rings. The Morgan fingerprint density at radius 2 is 1.88 bits per heavy atom. The third-order valence-electron chi connectivity index (χ3n) is 3.95. The van der Waals surface area contributed by atoms with Crippen LogP contribution in [0.3, 0.4) is 0 Å². The van der Waals surface area contributed by atoms with Crippen LogP contribution in [0.25, 0.3) is 0 Å². The Hall–Kier alpha value is -3.30. The van der Waals surface area contributed by atoms with E-state index in [1.54, 1.807) is 6.92 Å². The number of hydrogen-bond acceptors (Lipinski definition) is 7. The van der Waals surface area contributed by atoms with E-state index in [1.807, 2.05) is 0 Å². The van der Waals surface area contributed by atoms with E-state index in [4.69, 9.17) is 14.2 Å². The topological polar surface area (TPSA) is 129 Å². The Bertz CT molecular complexity index is 788. The standard InChI is InChI=1S/C16H19N3O7/c1-5-9-13(15(20)26-4)14(18-16(21)17-9)8-6-10(19(22)23)12(25-3)7-11(8)24-2/h6-7,14H,5H2,1-4H3,(H2,17,18,21). The van der Waals surface area contributed by atoms with Crippen molar-refractivity contribution in [2.45, 2.75) is 19.4 Å². The van der Waals surface area contributed by atoms with Crippen LogP contribution in [0.4, 0.5) is 10.5 Å². The van der Waals surface area contributed by atoms with Crippen LogP contribution >= 0.6 is 0 Å². The number of nitro groups is 1. The second kappa shape index (κ2) is 7.72. The number of carbonyl (C=O) groups excluding carboxylic acids is 2. The van der Waals surface area contributed by atoms with E-state index in [2.05, 4.69) is 10.6 Å². The number of amides is 2. The van der Waals surface area contributed by atoms with Gasteiger partial charge in [0.2, 0.25) is 5.75 Å². The van der Waals surface area contributed by atoms with Crippen LogP contribution in [-0.2, 0) is 9.53 Å². The molecule has 0 bridgehead atoms. The molecule has 0 aliphatic carbocycles. The molecule has 0 radical (unpaired) electrons. The van der Waals surface area contributed by atoms with Crippen LogP contribution in [0.2, 0.25) is 0 Å². The molecule has 0 spiro atoms. The quantitative estimate of drug-likeness (QED) is 0.447. The maximum absolute atomic E-state index is 12.3. The van der Waals surface area contributed by atoms with Crippen LogP contribution in [0.5, 0.6) is 11.5 Å². The van der Waals surface area contributed by atoms with Crippen LogP contribution in [0.15, 0.2) is 23.4 Å². The minimum absolute atomic E-state index is 0.00447. The molecule has 1 aliphatic heterocycles. The molecule has 2 rings (SSSR count). The highest BCUT2D eigenvalue weighted by Gasteiger charge is 2.36. The van der Waals surface area contributed by atoms with Crippen LogP contribution < -0.4 is 20.1 Å². The lowest BCUT2D eigenvalue weighted by molar-refractivity contribution is -0.385. The predicted octanol–water partition coefficient (Wildman–Crippen LogP) is 1.80. The first kappa shape index (κ1) is 19.0. The number of allylic oxidation sites excluding steroid dienone is 1. The third kappa shape index (κ3) is 3.39. The Morgan fingerprint density at radius 3 is 2.38 bits per heavy atom. The molecule has 140 valence electrons. The zero-order chi connectivity index (χ0) is 19.4. The molecule has 10 nitrogen and oxygen atoms in total. The fourth-order valence-corrected chi connectivity index (χ4v) is 2.76. The highest BCUT2D eigenvalue weighted by molar-refractivity contribution is 5.95. The summed E-state index contributed by atoms with van der Waals surface area (Å²) in [5, 5.41) is 16.5. The zero-order valence-corrected chi connectivity index (χ0v) is 14.7. The van der Waals surface area contributed by atoms with Crippen LogP contribution in [0, 0.1) is 10.1 Å². The smallest absolute Gasteiger partial charge is 0.337 e. The molecule has 0 saturated carbocycles. The lowest BCUT2D eigenvalue weighted by Gasteiger charge is -2.29. The first-order valence-electron chi connectivity index (χ1n) is 7.67. The average molecular weight is 365 g/mol. The summed E-state index contributed by atoms with van der Waals surface area (Å²) in [6, 6.07) is 1.03. The first-order valence-corrected chi connectivity index (χ1v) is 7.67. The number of nitro benzene ring substituents is 1. The van der Waals surface area contributed by atoms with Gasteiger partial charge >= 0.3 is 17.7 Å². The molecule has 26 heavy (non-hydrogen) atoms. The monoisotopic (exact) mass is 365 g/mol. The van der Waals surface area contributed by atoms with E-state index >= 15 is 0 Å². The van der Waals surface area contributed by atoms with Crippen molar-refractivity contribution >= 4 is 17.7 Å². The van der Waals surface area contributed by atoms with Gasteiger partial charge in [0.25, 0.3) is 0 Å². The summed E-state index contributed by atoms with van der Waals surface area (Å²) >= 11 is 0. The summed E-state index contributed by atoms with van der Waals surface area (Å²) in [6.07, 6.45) is 0.356. The number of esters is 1. The van der Waals surface area contributed by atoms with E-state index in [-0.39, 0.29) is 28.3 Å². The highest BCUT2D eigenvalue weighted by Crippen LogP contribution is 2.40. The molecule has 0 fully saturated rings. The van der Waals surface area contributed by atoms with Crippen molar-refractivity contribution in [3.8, 4) is 11.5 Å². The molecule has 1 aliphatic rings. The number of methoxy groups -OCH3 is 3. The molecule has 1 atom stereocenters. The molecule has 1 unspecified atom stereocenters. The molecule has 1 heterocycles. The lowest BCUT2D eigenvalue weighted by atomic mass is 9.93. The summed E-state index contributed by atoms with van der Waals surface area (Å²) in [7, 11) is 3.88. The number of nitrogens with zero attached hydrogens (tertiary/aromatic N) is 1. The Kier molecular flexibility index (Phi) is 5.65. The molecule has 2 N–H and O–H groups in total. The molecule has 10 heteroatoms. The van der Waals surface area contributed by atoms with E-state index in [9.17, 15) is 19.7 Å². The molecule has 0 saturated heterocycles. The normalized spacial score (nSPS) is 16.5. The summed E-state index contributed by atoms with van der Waals surface area (Å²) in [5.74, 6) is -0.452. The van der Waals surface area contributed by atoms with Gasteiger partial charge in [0, 0.05) is 23.4 Å². The first-order chi connectivity index (χ1) is 12.4. The number of rotatable bonds is 6. The van der Waals surface area contributed by atoms with Gasteiger partial charge in [-0.25, -0.2) is 9.59 Å². The summed E-state index contributed by atoms with van der Waals surface area (Å²) in [5.41, 5.74) is 0.429. The van der Waals surface area contributed by atoms with Gasteiger partial charge in [-0.05, 0) is 6.42 Å². The zero-order valence-electron chi connectivity index (χ0n) is 14.7. The largest absolute Gasteiger partial charge is 0.496 e. The number of nitrogens with one attached hydrogen (secondary N) is 2. The second-order valence-electron chi connectivity index (χ2n) is 5.29. The molecule has 1 aromatic carbocycles. The number of urea groups is 1. The Morgan fingerprint density at radius 1 is 1.23 bits per heavy atom. The molecular weight excluding hydrogens is 346 g/mol. The fourth-order valence-electron chi connectivity index (χ4n) is 2.76. The molecular formula is C16H19N3O7. The minimum atomic E-state index is -0.981. The molecule has 2 amide bonds.